The Morgan fingerprint density at radius 3 is 1.96 bits per heavy atom. The van der Waals surface area contributed by atoms with Crippen LogP contribution in [-0.2, 0) is 0 Å². The molecule has 28 heavy (non-hydrogen) atoms. The minimum atomic E-state index is 0.481. The molecule has 2 aromatic carbocycles. The number of rotatable bonds is 9. The summed E-state index contributed by atoms with van der Waals surface area (Å²) in [5.74, 6) is 2.24. The minimum Gasteiger partial charge on any atom is -0.399 e. The Hall–Kier alpha value is -1.76. The normalized spacial score (nSPS) is 20.8. The maximum atomic E-state index is 5.89. The molecule has 0 spiro atoms. The summed E-state index contributed by atoms with van der Waals surface area (Å²) in [6, 6.07) is 18.1. The van der Waals surface area contributed by atoms with E-state index in [1.165, 1.54) is 75.3 Å². The molecule has 1 aliphatic rings. The quantitative estimate of drug-likeness (QED) is 0.347. The van der Waals surface area contributed by atoms with E-state index in [0.29, 0.717) is 5.92 Å². The van der Waals surface area contributed by atoms with Crippen molar-refractivity contribution in [1.29, 1.82) is 0 Å². The Morgan fingerprint density at radius 1 is 0.786 bits per heavy atom. The van der Waals surface area contributed by atoms with Gasteiger partial charge in [0.05, 0.1) is 0 Å². The van der Waals surface area contributed by atoms with Crippen LogP contribution in [-0.4, -0.2) is 0 Å². The first-order valence-corrected chi connectivity index (χ1v) is 11.7. The molecule has 0 aromatic heterocycles. The molecule has 1 atom stereocenters. The number of hydrogen-bond donors (Lipinski definition) is 1. The van der Waals surface area contributed by atoms with Crippen molar-refractivity contribution in [2.75, 3.05) is 5.73 Å². The zero-order valence-corrected chi connectivity index (χ0v) is 18.0. The Labute approximate surface area is 172 Å². The van der Waals surface area contributed by atoms with Crippen LogP contribution in [0, 0.1) is 5.92 Å². The van der Waals surface area contributed by atoms with Gasteiger partial charge in [0.25, 0.3) is 0 Å². The van der Waals surface area contributed by atoms with Crippen LogP contribution in [0.2, 0.25) is 0 Å². The Balaban J connectivity index is 1.61. The third kappa shape index (κ3) is 5.63. The lowest BCUT2D eigenvalue weighted by atomic mass is 9.76. The fourth-order valence-corrected chi connectivity index (χ4v) is 5.01. The van der Waals surface area contributed by atoms with Crippen molar-refractivity contribution in [3.05, 3.63) is 65.2 Å². The van der Waals surface area contributed by atoms with Gasteiger partial charge in [-0.15, -0.1) is 0 Å². The van der Waals surface area contributed by atoms with Crippen molar-refractivity contribution < 1.29 is 0 Å². The number of hydrogen-bond acceptors (Lipinski definition) is 1. The zero-order valence-electron chi connectivity index (χ0n) is 18.0. The van der Waals surface area contributed by atoms with Gasteiger partial charge >= 0.3 is 0 Å². The number of benzene rings is 2. The van der Waals surface area contributed by atoms with Gasteiger partial charge < -0.3 is 5.73 Å². The van der Waals surface area contributed by atoms with Crippen molar-refractivity contribution in [3.8, 4) is 0 Å². The molecule has 0 heterocycles. The first-order valence-electron chi connectivity index (χ1n) is 11.7. The van der Waals surface area contributed by atoms with E-state index < -0.39 is 0 Å². The molecule has 0 amide bonds. The van der Waals surface area contributed by atoms with Crippen LogP contribution in [0.5, 0.6) is 0 Å². The van der Waals surface area contributed by atoms with E-state index >= 15 is 0 Å². The molecule has 0 radical (unpaired) electrons. The van der Waals surface area contributed by atoms with Gasteiger partial charge in [-0.3, -0.25) is 0 Å². The number of nitrogens with two attached hydrogens (primary N) is 1. The average Bonchev–Trinajstić information content (AvgIpc) is 2.74. The van der Waals surface area contributed by atoms with Gasteiger partial charge in [0.15, 0.2) is 0 Å². The van der Waals surface area contributed by atoms with E-state index in [1.54, 1.807) is 5.56 Å². The van der Waals surface area contributed by atoms with Crippen molar-refractivity contribution in [3.63, 3.8) is 0 Å². The lowest BCUT2D eigenvalue weighted by molar-refractivity contribution is 0.303. The monoisotopic (exact) mass is 377 g/mol. The Morgan fingerprint density at radius 2 is 1.39 bits per heavy atom. The van der Waals surface area contributed by atoms with Crippen LogP contribution in [0.3, 0.4) is 0 Å². The Kier molecular flexibility index (Phi) is 8.01. The van der Waals surface area contributed by atoms with Gasteiger partial charge in [-0.05, 0) is 72.8 Å². The van der Waals surface area contributed by atoms with Gasteiger partial charge in [0.2, 0.25) is 0 Å². The van der Waals surface area contributed by atoms with Crippen molar-refractivity contribution in [1.82, 2.24) is 0 Å². The minimum absolute atomic E-state index is 0.481. The lowest BCUT2D eigenvalue weighted by Crippen LogP contribution is -2.13. The fourth-order valence-electron chi connectivity index (χ4n) is 5.01. The van der Waals surface area contributed by atoms with Gasteiger partial charge in [-0.1, -0.05) is 82.3 Å². The van der Waals surface area contributed by atoms with E-state index in [2.05, 4.69) is 50.2 Å². The summed E-state index contributed by atoms with van der Waals surface area (Å²) in [4.78, 5) is 0. The summed E-state index contributed by atoms with van der Waals surface area (Å²) in [7, 11) is 0. The highest BCUT2D eigenvalue weighted by Crippen LogP contribution is 2.38. The summed E-state index contributed by atoms with van der Waals surface area (Å²) in [6.07, 6.45) is 13.7. The molecule has 0 aliphatic heterocycles. The standard InChI is InChI=1S/C27H39N/c1-3-5-6-8-21-9-11-22(12-10-21)23-13-15-24(16-14-23)27(7-4-2)25-17-19-26(28)20-18-25/h13-22,27H,3-12,28H2,1-2H3. The second kappa shape index (κ2) is 10.7. The molecule has 1 saturated carbocycles. The third-order valence-electron chi connectivity index (χ3n) is 6.79. The van der Waals surface area contributed by atoms with E-state index in [-0.39, 0.29) is 0 Å². The van der Waals surface area contributed by atoms with Crippen molar-refractivity contribution in [2.45, 2.75) is 89.9 Å². The highest BCUT2D eigenvalue weighted by molar-refractivity contribution is 5.43. The van der Waals surface area contributed by atoms with E-state index in [4.69, 9.17) is 5.73 Å². The molecule has 2 N–H and O–H groups in total. The van der Waals surface area contributed by atoms with Gasteiger partial charge in [0.1, 0.15) is 0 Å². The molecular formula is C27H39N. The maximum Gasteiger partial charge on any atom is 0.0314 e. The Bertz CT molecular complexity index is 677. The van der Waals surface area contributed by atoms with Crippen LogP contribution in [0.4, 0.5) is 5.69 Å². The predicted molar refractivity (Wildman–Crippen MR) is 123 cm³/mol. The lowest BCUT2D eigenvalue weighted by Gasteiger charge is -2.29. The van der Waals surface area contributed by atoms with Gasteiger partial charge in [0, 0.05) is 11.6 Å². The molecule has 1 unspecified atom stereocenters. The molecule has 3 rings (SSSR count). The molecule has 1 fully saturated rings. The van der Waals surface area contributed by atoms with Crippen LogP contribution in [0.1, 0.15) is 107 Å². The molecule has 1 heteroatoms. The molecule has 152 valence electrons. The second-order valence-corrected chi connectivity index (χ2v) is 8.89. The highest BCUT2D eigenvalue weighted by Gasteiger charge is 2.22. The largest absolute Gasteiger partial charge is 0.399 e. The van der Waals surface area contributed by atoms with Crippen molar-refractivity contribution in [2.24, 2.45) is 5.92 Å². The van der Waals surface area contributed by atoms with E-state index in [0.717, 1.165) is 17.5 Å². The first kappa shape index (κ1) is 21.0. The van der Waals surface area contributed by atoms with Gasteiger partial charge in [-0.25, -0.2) is 0 Å². The molecule has 2 aromatic rings. The number of unbranched alkanes of at least 4 members (excludes halogenated alkanes) is 2. The van der Waals surface area contributed by atoms with Crippen LogP contribution < -0.4 is 5.73 Å². The fraction of sp³-hybridized carbons (Fsp3) is 0.556. The topological polar surface area (TPSA) is 26.0 Å². The maximum absolute atomic E-state index is 5.89. The first-order chi connectivity index (χ1) is 13.7. The van der Waals surface area contributed by atoms with Crippen molar-refractivity contribution >= 4 is 5.69 Å². The van der Waals surface area contributed by atoms with Crippen LogP contribution in [0.25, 0.3) is 0 Å². The molecule has 0 bridgehead atoms. The second-order valence-electron chi connectivity index (χ2n) is 8.89. The average molecular weight is 378 g/mol. The summed E-state index contributed by atoms with van der Waals surface area (Å²) >= 11 is 0. The van der Waals surface area contributed by atoms with Crippen LogP contribution in [0.15, 0.2) is 48.5 Å². The molecule has 1 nitrogen and oxygen atoms in total. The number of anilines is 1. The van der Waals surface area contributed by atoms with E-state index in [9.17, 15) is 0 Å². The molecular weight excluding hydrogens is 338 g/mol. The smallest absolute Gasteiger partial charge is 0.0314 e. The van der Waals surface area contributed by atoms with Crippen LogP contribution >= 0.6 is 0 Å². The molecule has 0 saturated heterocycles. The SMILES string of the molecule is CCCCCC1CCC(c2ccc(C(CCC)c3ccc(N)cc3)cc2)CC1. The summed E-state index contributed by atoms with van der Waals surface area (Å²) in [5, 5.41) is 0. The summed E-state index contributed by atoms with van der Waals surface area (Å²) in [6.45, 7) is 4.58. The molecule has 1 aliphatic carbocycles. The zero-order chi connectivity index (χ0) is 19.8. The summed E-state index contributed by atoms with van der Waals surface area (Å²) in [5.41, 5.74) is 11.1. The summed E-state index contributed by atoms with van der Waals surface area (Å²) < 4.78 is 0. The van der Waals surface area contributed by atoms with Gasteiger partial charge in [-0.2, -0.15) is 0 Å². The third-order valence-corrected chi connectivity index (χ3v) is 6.79. The highest BCUT2D eigenvalue weighted by atomic mass is 14.5. The van der Waals surface area contributed by atoms with E-state index in [1.807, 2.05) is 12.1 Å². The number of nitrogen functional groups attached to an aromatic ring is 1. The predicted octanol–water partition coefficient (Wildman–Crippen LogP) is 8.05.